The number of nitrogens with zero attached hydrogens (tertiary/aromatic N) is 6. The maximum Gasteiger partial charge on any atom is 0.300 e. The summed E-state index contributed by atoms with van der Waals surface area (Å²) in [5, 5.41) is 7.40. The average Bonchev–Trinajstić information content (AvgIpc) is 3.57. The summed E-state index contributed by atoms with van der Waals surface area (Å²) in [6.07, 6.45) is 11.1. The molecule has 2 aromatic heterocycles. The largest absolute Gasteiger partial charge is 0.461 e. The molecule has 3 N–H and O–H groups in total. The molecule has 0 spiro atoms. The van der Waals surface area contributed by atoms with Gasteiger partial charge in [0, 0.05) is 36.6 Å². The first-order valence-corrected chi connectivity index (χ1v) is 10.1. The predicted molar refractivity (Wildman–Crippen MR) is 119 cm³/mol. The lowest BCUT2D eigenvalue weighted by Gasteiger charge is -2.19. The summed E-state index contributed by atoms with van der Waals surface area (Å²) in [4.78, 5) is 25.3. The molecule has 5 rings (SSSR count). The van der Waals surface area contributed by atoms with Crippen molar-refractivity contribution in [1.29, 1.82) is 0 Å². The molecule has 0 radical (unpaired) electrons. The first kappa shape index (κ1) is 19.8. The van der Waals surface area contributed by atoms with Crippen molar-refractivity contribution in [2.75, 3.05) is 6.54 Å². The first-order chi connectivity index (χ1) is 15.6. The van der Waals surface area contributed by atoms with Gasteiger partial charge in [-0.15, -0.1) is 5.84 Å². The third kappa shape index (κ3) is 3.92. The molecule has 4 heterocycles. The summed E-state index contributed by atoms with van der Waals surface area (Å²) in [5.41, 5.74) is 2.04. The zero-order valence-corrected chi connectivity index (χ0v) is 17.1. The quantitative estimate of drug-likeness (QED) is 0.339. The van der Waals surface area contributed by atoms with Gasteiger partial charge in [0.05, 0.1) is 12.6 Å². The molecule has 32 heavy (non-hydrogen) atoms. The van der Waals surface area contributed by atoms with Crippen LogP contribution >= 0.6 is 0 Å². The number of hydrogen-bond acceptors (Lipinski definition) is 7. The number of amidine groups is 2. The fraction of sp³-hybridized carbons (Fsp3) is 0.136. The molecule has 10 nitrogen and oxygen atoms in total. The first-order valence-electron chi connectivity index (χ1n) is 10.1. The van der Waals surface area contributed by atoms with Crippen molar-refractivity contribution in [3.8, 4) is 0 Å². The second-order valence-corrected chi connectivity index (χ2v) is 7.37. The van der Waals surface area contributed by atoms with Gasteiger partial charge in [-0.05, 0) is 40.5 Å². The third-order valence-electron chi connectivity index (χ3n) is 5.11. The molecule has 0 aliphatic carbocycles. The van der Waals surface area contributed by atoms with Crippen molar-refractivity contribution in [2.45, 2.75) is 13.0 Å². The Hall–Kier alpha value is -4.15. The van der Waals surface area contributed by atoms with E-state index in [1.54, 1.807) is 55.5 Å². The Labute approximate surface area is 183 Å². The number of nitrogens with two attached hydrogens (primary N) is 1. The number of quaternary nitrogens is 1. The number of furan rings is 1. The number of aromatic nitrogens is 2. The number of hydrogen-bond donors (Lipinski definition) is 2. The van der Waals surface area contributed by atoms with E-state index >= 15 is 0 Å². The van der Waals surface area contributed by atoms with Crippen molar-refractivity contribution < 1.29 is 13.9 Å². The van der Waals surface area contributed by atoms with Crippen molar-refractivity contribution in [2.24, 2.45) is 20.9 Å². The summed E-state index contributed by atoms with van der Waals surface area (Å²) in [5.74, 6) is 7.74. The lowest BCUT2D eigenvalue weighted by molar-refractivity contribution is -0.802. The van der Waals surface area contributed by atoms with E-state index in [4.69, 9.17) is 10.3 Å². The molecular weight excluding hydrogens is 408 g/mol. The molecule has 1 unspecified atom stereocenters. The van der Waals surface area contributed by atoms with Gasteiger partial charge in [0.15, 0.2) is 12.0 Å². The minimum absolute atomic E-state index is 0.118. The zero-order valence-electron chi connectivity index (χ0n) is 17.1. The molecule has 160 valence electrons. The second kappa shape index (κ2) is 8.17. The van der Waals surface area contributed by atoms with Gasteiger partial charge in [-0.1, -0.05) is 12.1 Å². The lowest BCUT2D eigenvalue weighted by atomic mass is 10.1. The van der Waals surface area contributed by atoms with Gasteiger partial charge < -0.3 is 14.3 Å². The number of benzene rings is 1. The van der Waals surface area contributed by atoms with E-state index < -0.39 is 0 Å². The smallest absolute Gasteiger partial charge is 0.300 e. The third-order valence-corrected chi connectivity index (χ3v) is 5.11. The fourth-order valence-electron chi connectivity index (χ4n) is 3.42. The number of nitrogens with one attached hydrogen (secondary N) is 1. The molecule has 2 aliphatic rings. The van der Waals surface area contributed by atoms with E-state index in [2.05, 4.69) is 25.4 Å². The van der Waals surface area contributed by atoms with Crippen LogP contribution in [0, 0.1) is 0 Å². The monoisotopic (exact) mass is 429 g/mol. The highest BCUT2D eigenvalue weighted by Gasteiger charge is 2.40. The molecule has 0 saturated carbocycles. The Bertz CT molecular complexity index is 1240. The van der Waals surface area contributed by atoms with E-state index in [9.17, 15) is 4.79 Å². The highest BCUT2D eigenvalue weighted by Crippen LogP contribution is 2.26. The Balaban J connectivity index is 1.24. The Kier molecular flexibility index (Phi) is 5.06. The maximum atomic E-state index is 12.4. The van der Waals surface area contributed by atoms with Crippen molar-refractivity contribution in [3.05, 3.63) is 84.5 Å². The topological polar surface area (TPSA) is 123 Å². The Morgan fingerprint density at radius 3 is 2.84 bits per heavy atom. The van der Waals surface area contributed by atoms with Gasteiger partial charge in [-0.2, -0.15) is 4.99 Å². The fourth-order valence-corrected chi connectivity index (χ4v) is 3.42. The van der Waals surface area contributed by atoms with Gasteiger partial charge in [-0.25, -0.2) is 9.98 Å². The van der Waals surface area contributed by atoms with Crippen LogP contribution in [0.15, 0.2) is 87.1 Å². The van der Waals surface area contributed by atoms with Crippen LogP contribution in [-0.2, 0) is 6.54 Å². The van der Waals surface area contributed by atoms with Crippen molar-refractivity contribution in [3.63, 3.8) is 0 Å². The van der Waals surface area contributed by atoms with Crippen LogP contribution < -0.4 is 11.2 Å². The predicted octanol–water partition coefficient (Wildman–Crippen LogP) is 2.14. The van der Waals surface area contributed by atoms with Gasteiger partial charge in [-0.3, -0.25) is 4.79 Å². The van der Waals surface area contributed by atoms with E-state index in [-0.39, 0.29) is 10.6 Å². The highest BCUT2D eigenvalue weighted by molar-refractivity contribution is 6.32. The molecule has 1 aromatic carbocycles. The van der Waals surface area contributed by atoms with Gasteiger partial charge >= 0.3 is 0 Å². The van der Waals surface area contributed by atoms with E-state index in [0.717, 1.165) is 18.5 Å². The lowest BCUT2D eigenvalue weighted by Crippen LogP contribution is -2.50. The van der Waals surface area contributed by atoms with Crippen LogP contribution in [0.1, 0.15) is 28.1 Å². The molecule has 1 amide bonds. The zero-order chi connectivity index (χ0) is 22.0. The second-order valence-electron chi connectivity index (χ2n) is 7.37. The number of aryl methyl sites for hydroxylation is 1. The molecule has 0 fully saturated rings. The van der Waals surface area contributed by atoms with Gasteiger partial charge in [0.25, 0.3) is 17.6 Å². The summed E-state index contributed by atoms with van der Waals surface area (Å²) < 4.78 is 7.00. The molecule has 0 saturated heterocycles. The van der Waals surface area contributed by atoms with Crippen molar-refractivity contribution in [1.82, 2.24) is 14.9 Å². The number of rotatable bonds is 7. The number of carbonyl (C=O) groups is 1. The number of imidazole rings is 1. The SMILES string of the molecule is N[N+]12C=C(c3ccc(C(=O)NCCCn4ccnc4)cc3)N=CC1=NC(c1ccco1)=N2. The maximum absolute atomic E-state index is 12.4. The number of carbonyl (C=O) groups excluding carboxylic acids is 1. The molecule has 10 heteroatoms. The number of fused-ring (bicyclic) bond motifs is 1. The minimum atomic E-state index is -0.339. The molecular formula is C22H21N8O2+. The van der Waals surface area contributed by atoms with Crippen LogP contribution in [0.2, 0.25) is 0 Å². The van der Waals surface area contributed by atoms with E-state index in [1.165, 1.54) is 0 Å². The summed E-state index contributed by atoms with van der Waals surface area (Å²) in [7, 11) is 0. The summed E-state index contributed by atoms with van der Waals surface area (Å²) >= 11 is 0. The van der Waals surface area contributed by atoms with Crippen LogP contribution in [0.5, 0.6) is 0 Å². The average molecular weight is 429 g/mol. The Morgan fingerprint density at radius 1 is 1.22 bits per heavy atom. The minimum Gasteiger partial charge on any atom is -0.461 e. The van der Waals surface area contributed by atoms with Gasteiger partial charge in [0.2, 0.25) is 0 Å². The standard InChI is InChI=1S/C22H20N8O2/c23-30-14-18(26-13-20(30)27-21(28-30)19-3-1-12-32-19)16-4-6-17(7-5-16)22(31)25-8-2-10-29-11-9-24-15-29/h1,3-7,9,11-15H,2,8,10,23H2/p+1. The molecule has 2 aliphatic heterocycles. The summed E-state index contributed by atoms with van der Waals surface area (Å²) in [6, 6.07) is 10.8. The number of amides is 1. The summed E-state index contributed by atoms with van der Waals surface area (Å²) in [6.45, 7) is 1.39. The molecule has 3 aromatic rings. The Morgan fingerprint density at radius 2 is 2.09 bits per heavy atom. The molecule has 0 bridgehead atoms. The number of aliphatic imine (C=N–C) groups is 2. The van der Waals surface area contributed by atoms with Crippen LogP contribution in [-0.4, -0.2) is 44.6 Å². The van der Waals surface area contributed by atoms with Gasteiger partial charge in [0.1, 0.15) is 11.9 Å². The normalized spacial score (nSPS) is 19.2. The highest BCUT2D eigenvalue weighted by atomic mass is 16.3. The van der Waals surface area contributed by atoms with E-state index in [1.807, 2.05) is 22.9 Å². The van der Waals surface area contributed by atoms with Crippen LogP contribution in [0.25, 0.3) is 5.70 Å². The van der Waals surface area contributed by atoms with Crippen LogP contribution in [0.3, 0.4) is 0 Å². The van der Waals surface area contributed by atoms with Crippen LogP contribution in [0.4, 0.5) is 0 Å². The van der Waals surface area contributed by atoms with Crippen molar-refractivity contribution >= 4 is 29.5 Å². The van der Waals surface area contributed by atoms with E-state index in [0.29, 0.717) is 35.2 Å². The molecule has 1 atom stereocenters.